The van der Waals surface area contributed by atoms with Crippen molar-refractivity contribution in [1.82, 2.24) is 20.5 Å². The predicted molar refractivity (Wildman–Crippen MR) is 136 cm³/mol. The molecular weight excluding hydrogens is 486 g/mol. The fourth-order valence-corrected chi connectivity index (χ4v) is 4.24. The highest BCUT2D eigenvalue weighted by Gasteiger charge is 2.23. The highest BCUT2D eigenvalue weighted by molar-refractivity contribution is 6.30. The molecule has 0 spiro atoms. The molecule has 1 aromatic heterocycles. The summed E-state index contributed by atoms with van der Waals surface area (Å²) in [6.07, 6.45) is 2.84. The van der Waals surface area contributed by atoms with Gasteiger partial charge in [-0.3, -0.25) is 14.5 Å². The third-order valence-electron chi connectivity index (χ3n) is 5.77. The van der Waals surface area contributed by atoms with E-state index in [1.165, 1.54) is 6.20 Å². The van der Waals surface area contributed by atoms with Crippen molar-refractivity contribution in [3.8, 4) is 5.88 Å². The molecule has 4 N–H and O–H groups in total. The lowest BCUT2D eigenvalue weighted by Crippen LogP contribution is -2.49. The summed E-state index contributed by atoms with van der Waals surface area (Å²) >= 11 is 5.93. The molecule has 0 bridgehead atoms. The molecule has 3 rings (SSSR count). The van der Waals surface area contributed by atoms with Gasteiger partial charge in [-0.05, 0) is 56.5 Å². The molecule has 1 aliphatic rings. The first-order chi connectivity index (χ1) is 17.2. The molecule has 0 aliphatic carbocycles. The summed E-state index contributed by atoms with van der Waals surface area (Å²) in [6.45, 7) is 5.10. The van der Waals surface area contributed by atoms with Crippen LogP contribution in [0.2, 0.25) is 5.02 Å². The van der Waals surface area contributed by atoms with Crippen molar-refractivity contribution < 1.29 is 24.2 Å². The van der Waals surface area contributed by atoms with Crippen LogP contribution in [0.15, 0.2) is 36.5 Å². The number of piperidine rings is 1. The van der Waals surface area contributed by atoms with Crippen LogP contribution in [0, 0.1) is 6.92 Å². The number of rotatable bonds is 10. The van der Waals surface area contributed by atoms with Gasteiger partial charge in [-0.25, -0.2) is 9.78 Å². The average molecular weight is 518 g/mol. The summed E-state index contributed by atoms with van der Waals surface area (Å²) in [5.74, 6) is -0.784. The number of carboxylic acids is 1. The number of halogens is 1. The lowest BCUT2D eigenvalue weighted by molar-refractivity contribution is -0.138. The zero-order valence-corrected chi connectivity index (χ0v) is 21.2. The van der Waals surface area contributed by atoms with Gasteiger partial charge in [0, 0.05) is 36.6 Å². The Morgan fingerprint density at radius 3 is 2.83 bits per heavy atom. The summed E-state index contributed by atoms with van der Waals surface area (Å²) in [5, 5.41) is 18.1. The molecule has 11 heteroatoms. The number of ether oxygens (including phenoxy) is 1. The van der Waals surface area contributed by atoms with Crippen LogP contribution in [-0.2, 0) is 16.1 Å². The SMILES string of the molecule is CC[C@@H](Oc1ncc(Cl)cc1C)C(=O)NCc1cccc(NC(=O)N[C@H]2CCCN(CC(=O)O)C2)c1. The number of amides is 3. The monoisotopic (exact) mass is 517 g/mol. The van der Waals surface area contributed by atoms with Crippen LogP contribution in [0.5, 0.6) is 5.88 Å². The van der Waals surface area contributed by atoms with Gasteiger partial charge in [0.15, 0.2) is 6.10 Å². The largest absolute Gasteiger partial charge is 0.480 e. The minimum atomic E-state index is -0.877. The van der Waals surface area contributed by atoms with Crippen LogP contribution >= 0.6 is 11.6 Å². The predicted octanol–water partition coefficient (Wildman–Crippen LogP) is 3.19. The van der Waals surface area contributed by atoms with Gasteiger partial charge in [-0.15, -0.1) is 0 Å². The molecule has 194 valence electrons. The average Bonchev–Trinajstić information content (AvgIpc) is 2.82. The Balaban J connectivity index is 1.50. The second kappa shape index (κ2) is 13.1. The number of aromatic nitrogens is 1. The van der Waals surface area contributed by atoms with Crippen LogP contribution in [0.4, 0.5) is 10.5 Å². The Morgan fingerprint density at radius 1 is 1.31 bits per heavy atom. The third kappa shape index (κ3) is 8.39. The number of nitrogens with one attached hydrogen (secondary N) is 3. The number of carbonyl (C=O) groups is 3. The molecule has 1 aromatic carbocycles. The fraction of sp³-hybridized carbons (Fsp3) is 0.440. The summed E-state index contributed by atoms with van der Waals surface area (Å²) in [6, 6.07) is 8.43. The van der Waals surface area contributed by atoms with Crippen LogP contribution in [0.25, 0.3) is 0 Å². The molecule has 2 atom stereocenters. The number of pyridine rings is 1. The van der Waals surface area contributed by atoms with Gasteiger partial charge in [0.25, 0.3) is 5.91 Å². The van der Waals surface area contributed by atoms with Crippen LogP contribution < -0.4 is 20.7 Å². The van der Waals surface area contributed by atoms with Gasteiger partial charge < -0.3 is 25.8 Å². The Bertz CT molecular complexity index is 1080. The molecule has 0 saturated carbocycles. The van der Waals surface area contributed by atoms with Crippen LogP contribution in [-0.4, -0.2) is 64.7 Å². The van der Waals surface area contributed by atoms with Gasteiger partial charge >= 0.3 is 12.0 Å². The zero-order chi connectivity index (χ0) is 26.1. The second-order valence-electron chi connectivity index (χ2n) is 8.77. The van der Waals surface area contributed by atoms with Crippen molar-refractivity contribution in [2.24, 2.45) is 0 Å². The number of hydrogen-bond donors (Lipinski definition) is 4. The molecule has 10 nitrogen and oxygen atoms in total. The van der Waals surface area contributed by atoms with Crippen LogP contribution in [0.3, 0.4) is 0 Å². The van der Waals surface area contributed by atoms with Crippen molar-refractivity contribution in [1.29, 1.82) is 0 Å². The zero-order valence-electron chi connectivity index (χ0n) is 20.4. The molecule has 3 amide bonds. The number of carbonyl (C=O) groups excluding carboxylic acids is 2. The first kappa shape index (κ1) is 27.2. The van der Waals surface area contributed by atoms with Gasteiger partial charge in [0.1, 0.15) is 0 Å². The van der Waals surface area contributed by atoms with E-state index in [2.05, 4.69) is 20.9 Å². The van der Waals surface area contributed by atoms with Crippen molar-refractivity contribution in [2.75, 3.05) is 25.0 Å². The van der Waals surface area contributed by atoms with E-state index in [1.54, 1.807) is 24.3 Å². The van der Waals surface area contributed by atoms with E-state index in [4.69, 9.17) is 21.4 Å². The van der Waals surface area contributed by atoms with Crippen molar-refractivity contribution in [3.05, 3.63) is 52.7 Å². The first-order valence-electron chi connectivity index (χ1n) is 11.9. The van der Waals surface area contributed by atoms with Crippen LogP contribution in [0.1, 0.15) is 37.3 Å². The maximum atomic E-state index is 12.7. The lowest BCUT2D eigenvalue weighted by Gasteiger charge is -2.31. The molecular formula is C25H32ClN5O5. The quantitative estimate of drug-likeness (QED) is 0.380. The highest BCUT2D eigenvalue weighted by atomic mass is 35.5. The number of nitrogens with zero attached hydrogens (tertiary/aromatic N) is 2. The lowest BCUT2D eigenvalue weighted by atomic mass is 10.1. The number of hydrogen-bond acceptors (Lipinski definition) is 6. The molecule has 1 fully saturated rings. The number of aliphatic carboxylic acids is 1. The third-order valence-corrected chi connectivity index (χ3v) is 5.97. The Morgan fingerprint density at radius 2 is 2.11 bits per heavy atom. The number of anilines is 1. The first-order valence-corrected chi connectivity index (χ1v) is 12.3. The van der Waals surface area contributed by atoms with Gasteiger partial charge in [0.2, 0.25) is 5.88 Å². The fourth-order valence-electron chi connectivity index (χ4n) is 4.03. The van der Waals surface area contributed by atoms with Crippen molar-refractivity contribution >= 4 is 35.2 Å². The van der Waals surface area contributed by atoms with E-state index in [1.807, 2.05) is 24.8 Å². The van der Waals surface area contributed by atoms with E-state index in [0.717, 1.165) is 24.0 Å². The minimum absolute atomic E-state index is 0.0344. The number of likely N-dealkylation sites (tertiary alicyclic amines) is 1. The molecule has 0 unspecified atom stereocenters. The van der Waals surface area contributed by atoms with Gasteiger partial charge in [0.05, 0.1) is 11.6 Å². The number of benzene rings is 1. The van der Waals surface area contributed by atoms with Gasteiger partial charge in [-0.1, -0.05) is 30.7 Å². The van der Waals surface area contributed by atoms with Crippen molar-refractivity contribution in [2.45, 2.75) is 51.8 Å². The number of aryl methyl sites for hydroxylation is 1. The molecule has 36 heavy (non-hydrogen) atoms. The summed E-state index contributed by atoms with van der Waals surface area (Å²) in [4.78, 5) is 42.1. The maximum absolute atomic E-state index is 12.7. The Hall–Kier alpha value is -3.37. The number of carboxylic acid groups (broad SMARTS) is 1. The summed E-state index contributed by atoms with van der Waals surface area (Å²) in [7, 11) is 0. The number of urea groups is 1. The molecule has 2 heterocycles. The Kier molecular flexibility index (Phi) is 9.89. The molecule has 1 aliphatic heterocycles. The molecule has 2 aromatic rings. The standard InChI is InChI=1S/C25H32ClN5O5/c1-3-21(36-24-16(2)10-18(26)13-28-24)23(34)27-12-17-6-4-7-19(11-17)29-25(35)30-20-8-5-9-31(14-20)15-22(32)33/h4,6-7,10-11,13,20-21H,3,5,8-9,12,14-15H2,1-2H3,(H,27,34)(H,32,33)(H2,29,30,35)/t20-,21+/m0/s1. The van der Waals surface area contributed by atoms with E-state index in [9.17, 15) is 14.4 Å². The molecule has 1 saturated heterocycles. The smallest absolute Gasteiger partial charge is 0.319 e. The highest BCUT2D eigenvalue weighted by Crippen LogP contribution is 2.20. The summed E-state index contributed by atoms with van der Waals surface area (Å²) in [5.41, 5.74) is 2.14. The van der Waals surface area contributed by atoms with Crippen molar-refractivity contribution in [3.63, 3.8) is 0 Å². The van der Waals surface area contributed by atoms with Gasteiger partial charge in [-0.2, -0.15) is 0 Å². The van der Waals surface area contributed by atoms with E-state index in [-0.39, 0.29) is 31.1 Å². The second-order valence-corrected chi connectivity index (χ2v) is 9.21. The Labute approximate surface area is 215 Å². The topological polar surface area (TPSA) is 133 Å². The normalized spacial score (nSPS) is 16.6. The minimum Gasteiger partial charge on any atom is -0.480 e. The molecule has 0 radical (unpaired) electrons. The summed E-state index contributed by atoms with van der Waals surface area (Å²) < 4.78 is 5.79. The maximum Gasteiger partial charge on any atom is 0.319 e. The van der Waals surface area contributed by atoms with E-state index >= 15 is 0 Å². The van der Waals surface area contributed by atoms with E-state index < -0.39 is 12.1 Å². The van der Waals surface area contributed by atoms with E-state index in [0.29, 0.717) is 36.1 Å².